The van der Waals surface area contributed by atoms with Crippen molar-refractivity contribution in [1.82, 2.24) is 5.32 Å². The van der Waals surface area contributed by atoms with Crippen LogP contribution in [0.15, 0.2) is 30.3 Å². The van der Waals surface area contributed by atoms with Gasteiger partial charge >= 0.3 is 0 Å². The lowest BCUT2D eigenvalue weighted by molar-refractivity contribution is 0.161. The summed E-state index contributed by atoms with van der Waals surface area (Å²) >= 11 is 0. The van der Waals surface area contributed by atoms with Gasteiger partial charge in [0.15, 0.2) is 0 Å². The van der Waals surface area contributed by atoms with E-state index in [1.807, 2.05) is 0 Å². The predicted molar refractivity (Wildman–Crippen MR) is 72.1 cm³/mol. The highest BCUT2D eigenvalue weighted by Gasteiger charge is 2.05. The van der Waals surface area contributed by atoms with Crippen molar-refractivity contribution < 1.29 is 4.74 Å². The van der Waals surface area contributed by atoms with E-state index in [0.717, 1.165) is 39.1 Å². The molecule has 1 aliphatic heterocycles. The second-order valence-corrected chi connectivity index (χ2v) is 4.35. The van der Waals surface area contributed by atoms with Crippen LogP contribution in [0.4, 0.5) is 0 Å². The smallest absolute Gasteiger partial charge is 0.0653 e. The highest BCUT2D eigenvalue weighted by atomic mass is 16.5. The molecular weight excluding hydrogens is 210 g/mol. The van der Waals surface area contributed by atoms with Gasteiger partial charge in [0.05, 0.1) is 13.2 Å². The molecule has 17 heavy (non-hydrogen) atoms. The highest BCUT2D eigenvalue weighted by molar-refractivity contribution is 5.66. The molecule has 1 aromatic rings. The summed E-state index contributed by atoms with van der Waals surface area (Å²) in [6.45, 7) is 5.86. The van der Waals surface area contributed by atoms with E-state index in [1.54, 1.807) is 0 Å². The Labute approximate surface area is 104 Å². The fourth-order valence-electron chi connectivity index (χ4n) is 2.08. The maximum atomic E-state index is 5.33. The second kappa shape index (κ2) is 6.58. The molecule has 0 atom stereocenters. The van der Waals surface area contributed by atoms with Crippen LogP contribution in [0.5, 0.6) is 0 Å². The summed E-state index contributed by atoms with van der Waals surface area (Å²) in [4.78, 5) is 0. The van der Waals surface area contributed by atoms with Crippen molar-refractivity contribution in [2.45, 2.75) is 19.8 Å². The summed E-state index contributed by atoms with van der Waals surface area (Å²) < 4.78 is 5.33. The molecule has 0 radical (unpaired) electrons. The van der Waals surface area contributed by atoms with E-state index in [2.05, 4.69) is 42.6 Å². The average Bonchev–Trinajstić information content (AvgIpc) is 2.41. The van der Waals surface area contributed by atoms with E-state index in [4.69, 9.17) is 4.74 Å². The van der Waals surface area contributed by atoms with Gasteiger partial charge in [-0.15, -0.1) is 0 Å². The maximum absolute atomic E-state index is 5.33. The number of rotatable bonds is 5. The predicted octanol–water partition coefficient (Wildman–Crippen LogP) is 2.64. The molecule has 0 saturated heterocycles. The Balaban J connectivity index is 1.95. The number of likely N-dealkylation sites (N-methyl/N-ethyl adjacent to an activating group) is 1. The van der Waals surface area contributed by atoms with Crippen LogP contribution in [0.3, 0.4) is 0 Å². The minimum atomic E-state index is 0.761. The van der Waals surface area contributed by atoms with Crippen molar-refractivity contribution in [2.75, 3.05) is 26.3 Å². The molecule has 2 rings (SSSR count). The van der Waals surface area contributed by atoms with Crippen LogP contribution in [0.2, 0.25) is 0 Å². The van der Waals surface area contributed by atoms with Crippen molar-refractivity contribution >= 4 is 5.57 Å². The van der Waals surface area contributed by atoms with E-state index in [-0.39, 0.29) is 0 Å². The van der Waals surface area contributed by atoms with Crippen molar-refractivity contribution in [3.63, 3.8) is 0 Å². The van der Waals surface area contributed by atoms with Gasteiger partial charge in [-0.1, -0.05) is 37.3 Å². The van der Waals surface area contributed by atoms with Gasteiger partial charge in [0, 0.05) is 0 Å². The van der Waals surface area contributed by atoms with E-state index in [0.29, 0.717) is 0 Å². The van der Waals surface area contributed by atoms with E-state index < -0.39 is 0 Å². The molecule has 0 unspecified atom stereocenters. The highest BCUT2D eigenvalue weighted by Crippen LogP contribution is 2.21. The number of nitrogens with one attached hydrogen (secondary N) is 1. The van der Waals surface area contributed by atoms with E-state index >= 15 is 0 Å². The van der Waals surface area contributed by atoms with Crippen LogP contribution < -0.4 is 5.32 Å². The van der Waals surface area contributed by atoms with Crippen LogP contribution in [-0.2, 0) is 11.2 Å². The lowest BCUT2D eigenvalue weighted by Crippen LogP contribution is -2.15. The van der Waals surface area contributed by atoms with Crippen LogP contribution in [0, 0.1) is 0 Å². The van der Waals surface area contributed by atoms with Crippen molar-refractivity contribution in [3.8, 4) is 0 Å². The van der Waals surface area contributed by atoms with Crippen molar-refractivity contribution in [3.05, 3.63) is 41.5 Å². The molecule has 1 aliphatic rings. The molecular formula is C15H21NO. The van der Waals surface area contributed by atoms with Crippen LogP contribution in [0.25, 0.3) is 5.57 Å². The topological polar surface area (TPSA) is 21.3 Å². The SMILES string of the molecule is CCNCCc1ccc(C2=CCOCC2)cc1. The Morgan fingerprint density at radius 2 is 2.06 bits per heavy atom. The van der Waals surface area contributed by atoms with E-state index in [9.17, 15) is 0 Å². The Morgan fingerprint density at radius 3 is 2.71 bits per heavy atom. The van der Waals surface area contributed by atoms with Crippen molar-refractivity contribution in [1.29, 1.82) is 0 Å². The number of benzene rings is 1. The monoisotopic (exact) mass is 231 g/mol. The molecule has 1 N–H and O–H groups in total. The summed E-state index contributed by atoms with van der Waals surface area (Å²) in [6, 6.07) is 8.95. The first kappa shape index (κ1) is 12.3. The standard InChI is InChI=1S/C15H21NO/c1-2-16-10-7-13-3-5-14(6-4-13)15-8-11-17-12-9-15/h3-6,8,16H,2,7,9-12H2,1H3. The maximum Gasteiger partial charge on any atom is 0.0653 e. The molecule has 0 spiro atoms. The summed E-state index contributed by atoms with van der Waals surface area (Å²) in [7, 11) is 0. The third kappa shape index (κ3) is 3.69. The first-order chi connectivity index (χ1) is 8.40. The van der Waals surface area contributed by atoms with Gasteiger partial charge in [-0.05, 0) is 42.6 Å². The number of hydrogen-bond acceptors (Lipinski definition) is 2. The Morgan fingerprint density at radius 1 is 1.24 bits per heavy atom. The summed E-state index contributed by atoms with van der Waals surface area (Å²) in [5.74, 6) is 0. The number of ether oxygens (including phenoxy) is 1. The van der Waals surface area contributed by atoms with Crippen LogP contribution in [-0.4, -0.2) is 26.3 Å². The van der Waals surface area contributed by atoms with Gasteiger partial charge in [-0.2, -0.15) is 0 Å². The molecule has 1 aromatic carbocycles. The molecule has 0 bridgehead atoms. The molecule has 2 nitrogen and oxygen atoms in total. The molecule has 0 amide bonds. The lowest BCUT2D eigenvalue weighted by Gasteiger charge is -2.14. The zero-order chi connectivity index (χ0) is 11.9. The summed E-state index contributed by atoms with van der Waals surface area (Å²) in [6.07, 6.45) is 4.34. The third-order valence-electron chi connectivity index (χ3n) is 3.13. The Bertz CT molecular complexity index is 367. The Hall–Kier alpha value is -1.12. The first-order valence-electron chi connectivity index (χ1n) is 6.47. The molecule has 0 fully saturated rings. The van der Waals surface area contributed by atoms with Crippen LogP contribution in [0.1, 0.15) is 24.5 Å². The Kier molecular flexibility index (Phi) is 4.77. The minimum Gasteiger partial charge on any atom is -0.377 e. The summed E-state index contributed by atoms with van der Waals surface area (Å²) in [5.41, 5.74) is 4.18. The van der Waals surface area contributed by atoms with E-state index in [1.165, 1.54) is 16.7 Å². The van der Waals surface area contributed by atoms with Gasteiger partial charge in [0.2, 0.25) is 0 Å². The van der Waals surface area contributed by atoms with Crippen molar-refractivity contribution in [2.24, 2.45) is 0 Å². The van der Waals surface area contributed by atoms with Gasteiger partial charge in [-0.25, -0.2) is 0 Å². The lowest BCUT2D eigenvalue weighted by atomic mass is 9.99. The van der Waals surface area contributed by atoms with Gasteiger partial charge in [-0.3, -0.25) is 0 Å². The molecule has 0 aliphatic carbocycles. The molecule has 92 valence electrons. The molecule has 0 aromatic heterocycles. The van der Waals surface area contributed by atoms with Crippen LogP contribution >= 0.6 is 0 Å². The average molecular weight is 231 g/mol. The van der Waals surface area contributed by atoms with Gasteiger partial charge < -0.3 is 10.1 Å². The fourth-order valence-corrected chi connectivity index (χ4v) is 2.08. The zero-order valence-corrected chi connectivity index (χ0v) is 10.5. The first-order valence-corrected chi connectivity index (χ1v) is 6.47. The number of hydrogen-bond donors (Lipinski definition) is 1. The molecule has 0 saturated carbocycles. The zero-order valence-electron chi connectivity index (χ0n) is 10.5. The minimum absolute atomic E-state index is 0.761. The molecule has 2 heteroatoms. The fraction of sp³-hybridized carbons (Fsp3) is 0.467. The largest absolute Gasteiger partial charge is 0.377 e. The summed E-state index contributed by atoms with van der Waals surface area (Å²) in [5, 5.41) is 3.35. The normalized spacial score (nSPS) is 15.7. The second-order valence-electron chi connectivity index (χ2n) is 4.35. The third-order valence-corrected chi connectivity index (χ3v) is 3.13. The van der Waals surface area contributed by atoms with Gasteiger partial charge in [0.25, 0.3) is 0 Å². The quantitative estimate of drug-likeness (QED) is 0.787. The van der Waals surface area contributed by atoms with Gasteiger partial charge in [0.1, 0.15) is 0 Å². The molecule has 1 heterocycles.